The Bertz CT molecular complexity index is 478. The fourth-order valence-corrected chi connectivity index (χ4v) is 2.42. The average molecular weight is 315 g/mol. The third kappa shape index (κ3) is 2.86. The third-order valence-electron chi connectivity index (χ3n) is 3.08. The van der Waals surface area contributed by atoms with Crippen molar-refractivity contribution < 1.29 is 14.6 Å². The van der Waals surface area contributed by atoms with Crippen LogP contribution in [0, 0.1) is 19.3 Å². The van der Waals surface area contributed by atoms with Crippen LogP contribution < -0.4 is 4.74 Å². The lowest BCUT2D eigenvalue weighted by Crippen LogP contribution is -2.26. The molecule has 1 aromatic carbocycles. The lowest BCUT2D eigenvalue weighted by atomic mass is 9.84. The number of aryl methyl sites for hydroxylation is 2. The van der Waals surface area contributed by atoms with E-state index in [0.29, 0.717) is 6.42 Å². The summed E-state index contributed by atoms with van der Waals surface area (Å²) in [6, 6.07) is 2.03. The van der Waals surface area contributed by atoms with Crippen molar-refractivity contribution in [2.24, 2.45) is 5.41 Å². The van der Waals surface area contributed by atoms with Crippen molar-refractivity contribution in [3.05, 3.63) is 27.2 Å². The van der Waals surface area contributed by atoms with Gasteiger partial charge in [0.25, 0.3) is 0 Å². The van der Waals surface area contributed by atoms with Crippen LogP contribution in [0.15, 0.2) is 10.5 Å². The molecule has 0 aliphatic carbocycles. The zero-order valence-corrected chi connectivity index (χ0v) is 13.0. The van der Waals surface area contributed by atoms with Gasteiger partial charge in [0, 0.05) is 10.0 Å². The SMILES string of the molecule is COc1c(C)cc(C)c(Br)c1CC(C)(C)C(=O)O. The van der Waals surface area contributed by atoms with E-state index in [2.05, 4.69) is 15.9 Å². The van der Waals surface area contributed by atoms with Crippen LogP contribution in [0.4, 0.5) is 0 Å². The fourth-order valence-electron chi connectivity index (χ4n) is 1.99. The number of carboxylic acids is 1. The van der Waals surface area contributed by atoms with E-state index >= 15 is 0 Å². The van der Waals surface area contributed by atoms with Gasteiger partial charge >= 0.3 is 5.97 Å². The number of carboxylic acid groups (broad SMARTS) is 1. The van der Waals surface area contributed by atoms with Gasteiger partial charge in [0.05, 0.1) is 12.5 Å². The lowest BCUT2D eigenvalue weighted by Gasteiger charge is -2.23. The summed E-state index contributed by atoms with van der Waals surface area (Å²) in [5.41, 5.74) is 2.21. The number of ether oxygens (including phenoxy) is 1. The number of halogens is 1. The van der Waals surface area contributed by atoms with Crippen LogP contribution in [-0.4, -0.2) is 18.2 Å². The van der Waals surface area contributed by atoms with Crippen molar-refractivity contribution in [1.29, 1.82) is 0 Å². The van der Waals surface area contributed by atoms with Crippen molar-refractivity contribution >= 4 is 21.9 Å². The molecule has 0 bridgehead atoms. The zero-order chi connectivity index (χ0) is 14.1. The smallest absolute Gasteiger partial charge is 0.309 e. The van der Waals surface area contributed by atoms with Crippen molar-refractivity contribution in [1.82, 2.24) is 0 Å². The largest absolute Gasteiger partial charge is 0.496 e. The van der Waals surface area contributed by atoms with E-state index in [1.807, 2.05) is 19.9 Å². The molecule has 0 saturated carbocycles. The maximum atomic E-state index is 11.3. The van der Waals surface area contributed by atoms with E-state index in [4.69, 9.17) is 4.74 Å². The van der Waals surface area contributed by atoms with Gasteiger partial charge < -0.3 is 9.84 Å². The van der Waals surface area contributed by atoms with E-state index in [1.54, 1.807) is 21.0 Å². The van der Waals surface area contributed by atoms with E-state index in [-0.39, 0.29) is 0 Å². The van der Waals surface area contributed by atoms with Gasteiger partial charge in [0.15, 0.2) is 0 Å². The molecule has 0 aliphatic heterocycles. The number of aliphatic carboxylic acids is 1. The first kappa shape index (κ1) is 15.0. The van der Waals surface area contributed by atoms with E-state index in [9.17, 15) is 9.90 Å². The Kier molecular flexibility index (Phi) is 4.43. The van der Waals surface area contributed by atoms with Gasteiger partial charge in [0.1, 0.15) is 5.75 Å². The third-order valence-corrected chi connectivity index (χ3v) is 4.18. The number of carbonyl (C=O) groups is 1. The van der Waals surface area contributed by atoms with E-state index in [0.717, 1.165) is 26.9 Å². The number of rotatable bonds is 4. The molecule has 0 heterocycles. The van der Waals surface area contributed by atoms with Crippen molar-refractivity contribution in [3.8, 4) is 5.75 Å². The van der Waals surface area contributed by atoms with Crippen LogP contribution in [0.3, 0.4) is 0 Å². The van der Waals surface area contributed by atoms with Crippen LogP contribution in [-0.2, 0) is 11.2 Å². The molecule has 0 fully saturated rings. The molecular formula is C14H19BrO3. The van der Waals surface area contributed by atoms with Crippen LogP contribution >= 0.6 is 15.9 Å². The molecule has 100 valence electrons. The Morgan fingerprint density at radius 2 is 1.94 bits per heavy atom. The highest BCUT2D eigenvalue weighted by Crippen LogP contribution is 2.37. The van der Waals surface area contributed by atoms with Gasteiger partial charge in [-0.05, 0) is 45.2 Å². The summed E-state index contributed by atoms with van der Waals surface area (Å²) in [4.78, 5) is 11.3. The van der Waals surface area contributed by atoms with Gasteiger partial charge in [-0.3, -0.25) is 4.79 Å². The topological polar surface area (TPSA) is 46.5 Å². The van der Waals surface area contributed by atoms with E-state index < -0.39 is 11.4 Å². The van der Waals surface area contributed by atoms with Gasteiger partial charge in [-0.25, -0.2) is 0 Å². The van der Waals surface area contributed by atoms with Gasteiger partial charge in [0.2, 0.25) is 0 Å². The van der Waals surface area contributed by atoms with Crippen LogP contribution in [0.25, 0.3) is 0 Å². The normalized spacial score (nSPS) is 11.4. The Hall–Kier alpha value is -1.03. The minimum Gasteiger partial charge on any atom is -0.496 e. The first-order valence-corrected chi connectivity index (χ1v) is 6.56. The minimum atomic E-state index is -0.823. The molecule has 0 saturated heterocycles. The molecular weight excluding hydrogens is 296 g/mol. The van der Waals surface area contributed by atoms with Crippen LogP contribution in [0.5, 0.6) is 5.75 Å². The molecule has 0 aliphatic rings. The summed E-state index contributed by atoms with van der Waals surface area (Å²) < 4.78 is 6.34. The number of hydrogen-bond acceptors (Lipinski definition) is 2. The first-order chi connectivity index (χ1) is 8.20. The van der Waals surface area contributed by atoms with Crippen LogP contribution in [0.1, 0.15) is 30.5 Å². The van der Waals surface area contributed by atoms with E-state index in [1.165, 1.54) is 0 Å². The summed E-state index contributed by atoms with van der Waals surface area (Å²) >= 11 is 3.53. The summed E-state index contributed by atoms with van der Waals surface area (Å²) in [5, 5.41) is 9.24. The second-order valence-corrected chi connectivity index (χ2v) is 5.99. The maximum Gasteiger partial charge on any atom is 0.309 e. The molecule has 0 spiro atoms. The molecule has 1 aromatic rings. The molecule has 1 rings (SSSR count). The highest BCUT2D eigenvalue weighted by molar-refractivity contribution is 9.10. The van der Waals surface area contributed by atoms with Crippen molar-refractivity contribution in [2.75, 3.05) is 7.11 Å². The quantitative estimate of drug-likeness (QED) is 0.921. The molecule has 0 amide bonds. The molecule has 3 nitrogen and oxygen atoms in total. The summed E-state index contributed by atoms with van der Waals surface area (Å²) in [7, 11) is 1.61. The number of benzene rings is 1. The molecule has 1 N–H and O–H groups in total. The van der Waals surface area contributed by atoms with Gasteiger partial charge in [-0.15, -0.1) is 0 Å². The second-order valence-electron chi connectivity index (χ2n) is 5.20. The predicted octanol–water partition coefficient (Wildman–Crippen LogP) is 3.73. The first-order valence-electron chi connectivity index (χ1n) is 5.76. The second kappa shape index (κ2) is 5.31. The van der Waals surface area contributed by atoms with Crippen LogP contribution in [0.2, 0.25) is 0 Å². The van der Waals surface area contributed by atoms with Crippen molar-refractivity contribution in [2.45, 2.75) is 34.1 Å². The Balaban J connectivity index is 3.35. The minimum absolute atomic E-state index is 0.425. The lowest BCUT2D eigenvalue weighted by molar-refractivity contribution is -0.146. The fraction of sp³-hybridized carbons (Fsp3) is 0.500. The number of methoxy groups -OCH3 is 1. The molecule has 0 unspecified atom stereocenters. The highest BCUT2D eigenvalue weighted by atomic mass is 79.9. The zero-order valence-electron chi connectivity index (χ0n) is 11.4. The molecule has 4 heteroatoms. The summed E-state index contributed by atoms with van der Waals surface area (Å²) in [6.45, 7) is 7.40. The standard InChI is InChI=1S/C14H19BrO3/c1-8-6-9(2)12(18-5)10(11(8)15)7-14(3,4)13(16)17/h6H,7H2,1-5H3,(H,16,17). The monoisotopic (exact) mass is 314 g/mol. The Morgan fingerprint density at radius 3 is 2.39 bits per heavy atom. The van der Waals surface area contributed by atoms with Gasteiger partial charge in [-0.1, -0.05) is 22.0 Å². The Labute approximate surface area is 116 Å². The molecule has 0 aromatic heterocycles. The molecule has 0 radical (unpaired) electrons. The summed E-state index contributed by atoms with van der Waals surface area (Å²) in [5.74, 6) is -0.0441. The Morgan fingerprint density at radius 1 is 1.39 bits per heavy atom. The highest BCUT2D eigenvalue weighted by Gasteiger charge is 2.30. The average Bonchev–Trinajstić information content (AvgIpc) is 2.25. The molecule has 18 heavy (non-hydrogen) atoms. The van der Waals surface area contributed by atoms with Crippen molar-refractivity contribution in [3.63, 3.8) is 0 Å². The number of hydrogen-bond donors (Lipinski definition) is 1. The summed E-state index contributed by atoms with van der Waals surface area (Å²) in [6.07, 6.45) is 0.425. The maximum absolute atomic E-state index is 11.3. The predicted molar refractivity (Wildman–Crippen MR) is 75.3 cm³/mol. The van der Waals surface area contributed by atoms with Gasteiger partial charge in [-0.2, -0.15) is 0 Å². The molecule has 0 atom stereocenters.